The van der Waals surface area contributed by atoms with Crippen molar-refractivity contribution >= 4 is 10.1 Å². The van der Waals surface area contributed by atoms with Gasteiger partial charge in [0.15, 0.2) is 11.6 Å². The molecule has 2 rings (SSSR count). The normalized spacial score (nSPS) is 12.3. The molecule has 0 aliphatic rings. The Morgan fingerprint density at radius 1 is 1.04 bits per heavy atom. The molecule has 1 N–H and O–H groups in total. The van der Waals surface area contributed by atoms with Gasteiger partial charge in [-0.25, -0.2) is 8.78 Å². The molecular formula is C13H7F5O4S. The first-order valence-electron chi connectivity index (χ1n) is 5.81. The quantitative estimate of drug-likeness (QED) is 0.668. The van der Waals surface area contributed by atoms with E-state index in [1.54, 1.807) is 0 Å². The van der Waals surface area contributed by atoms with Crippen molar-refractivity contribution in [2.24, 2.45) is 0 Å². The molecule has 0 spiro atoms. The number of hydrogen-bond acceptors (Lipinski definition) is 3. The second-order valence-electron chi connectivity index (χ2n) is 4.26. The van der Waals surface area contributed by atoms with Crippen LogP contribution in [-0.2, 0) is 16.3 Å². The van der Waals surface area contributed by atoms with Crippen molar-refractivity contribution < 1.29 is 39.7 Å². The molecule has 2 aromatic rings. The Bertz CT molecular complexity index is 832. The molecule has 0 unspecified atom stereocenters. The molecular weight excluding hydrogens is 347 g/mol. The van der Waals surface area contributed by atoms with E-state index in [9.17, 15) is 30.4 Å². The third kappa shape index (κ3) is 3.59. The van der Waals surface area contributed by atoms with Crippen molar-refractivity contribution in [1.29, 1.82) is 0 Å². The fourth-order valence-corrected chi connectivity index (χ4v) is 2.35. The molecule has 0 aliphatic heterocycles. The van der Waals surface area contributed by atoms with Gasteiger partial charge >= 0.3 is 6.18 Å². The lowest BCUT2D eigenvalue weighted by Crippen LogP contribution is -2.15. The lowest BCUT2D eigenvalue weighted by Gasteiger charge is -2.15. The smallest absolute Gasteiger partial charge is 0.422 e. The van der Waals surface area contributed by atoms with Crippen LogP contribution >= 0.6 is 0 Å². The molecule has 0 saturated heterocycles. The first-order chi connectivity index (χ1) is 10.5. The number of para-hydroxylation sites is 1. The molecule has 0 bridgehead atoms. The lowest BCUT2D eigenvalue weighted by atomic mass is 10.1. The predicted octanol–water partition coefficient (Wildman–Crippen LogP) is 4.02. The van der Waals surface area contributed by atoms with Gasteiger partial charge in [0.1, 0.15) is 22.0 Å². The van der Waals surface area contributed by atoms with Crippen molar-refractivity contribution in [3.05, 3.63) is 53.6 Å². The molecule has 23 heavy (non-hydrogen) atoms. The highest BCUT2D eigenvalue weighted by atomic mass is 32.2. The molecule has 10 heteroatoms. The topological polar surface area (TPSA) is 63.6 Å². The Labute approximate surface area is 126 Å². The summed E-state index contributed by atoms with van der Waals surface area (Å²) in [4.78, 5) is -1.45. The summed E-state index contributed by atoms with van der Waals surface area (Å²) in [6.45, 7) is 0. The van der Waals surface area contributed by atoms with Crippen LogP contribution in [0.3, 0.4) is 0 Å². The lowest BCUT2D eigenvalue weighted by molar-refractivity contribution is -0.142. The average molecular weight is 354 g/mol. The Kier molecular flexibility index (Phi) is 4.31. The monoisotopic (exact) mass is 354 g/mol. The molecule has 0 saturated carbocycles. The van der Waals surface area contributed by atoms with E-state index in [0.717, 1.165) is 0 Å². The maximum Gasteiger partial charge on any atom is 0.422 e. The number of alkyl halides is 3. The Morgan fingerprint density at radius 2 is 1.61 bits per heavy atom. The molecule has 124 valence electrons. The summed E-state index contributed by atoms with van der Waals surface area (Å²) >= 11 is 0. The first kappa shape index (κ1) is 17.2. The van der Waals surface area contributed by atoms with Crippen molar-refractivity contribution in [3.8, 4) is 11.5 Å². The molecule has 0 aliphatic carbocycles. The zero-order valence-electron chi connectivity index (χ0n) is 10.9. The van der Waals surface area contributed by atoms with Gasteiger partial charge in [-0.2, -0.15) is 21.6 Å². The number of rotatable bonds is 3. The second kappa shape index (κ2) is 5.78. The number of ether oxygens (including phenoxy) is 1. The maximum absolute atomic E-state index is 14.0. The van der Waals surface area contributed by atoms with Crippen molar-refractivity contribution in [2.75, 3.05) is 0 Å². The maximum atomic E-state index is 14.0. The first-order valence-corrected chi connectivity index (χ1v) is 7.25. The van der Waals surface area contributed by atoms with Gasteiger partial charge in [-0.1, -0.05) is 18.2 Å². The summed E-state index contributed by atoms with van der Waals surface area (Å²) in [6.07, 6.45) is -5.43. The van der Waals surface area contributed by atoms with Crippen molar-refractivity contribution in [1.82, 2.24) is 0 Å². The predicted molar refractivity (Wildman–Crippen MR) is 67.7 cm³/mol. The third-order valence-corrected chi connectivity index (χ3v) is 3.52. The van der Waals surface area contributed by atoms with E-state index in [0.29, 0.717) is 0 Å². The minimum absolute atomic E-state index is 0.153. The summed E-state index contributed by atoms with van der Waals surface area (Å²) in [5, 5.41) is 0. The Morgan fingerprint density at radius 3 is 2.09 bits per heavy atom. The zero-order chi connectivity index (χ0) is 17.4. The molecule has 0 amide bonds. The van der Waals surface area contributed by atoms with Gasteiger partial charge in [0, 0.05) is 0 Å². The van der Waals surface area contributed by atoms with Crippen molar-refractivity contribution in [3.63, 3.8) is 0 Å². The van der Waals surface area contributed by atoms with Crippen LogP contribution in [0.25, 0.3) is 0 Å². The molecule has 2 aromatic carbocycles. The van der Waals surface area contributed by atoms with E-state index in [-0.39, 0.29) is 11.8 Å². The van der Waals surface area contributed by atoms with Gasteiger partial charge < -0.3 is 4.74 Å². The van der Waals surface area contributed by atoms with Crippen LogP contribution in [0.5, 0.6) is 11.5 Å². The van der Waals surface area contributed by atoms with Gasteiger partial charge in [0.25, 0.3) is 10.1 Å². The molecule has 0 atom stereocenters. The van der Waals surface area contributed by atoms with Crippen molar-refractivity contribution in [2.45, 2.75) is 11.1 Å². The second-order valence-corrected chi connectivity index (χ2v) is 5.65. The van der Waals surface area contributed by atoms with E-state index < -0.39 is 44.1 Å². The van der Waals surface area contributed by atoms with Crippen LogP contribution in [0, 0.1) is 11.6 Å². The minimum atomic E-state index is -5.43. The summed E-state index contributed by atoms with van der Waals surface area (Å²) in [5.74, 6) is -6.14. The standard InChI is InChI=1S/C13H7F5O4S/c14-8-6-9(23(19,20)21)12(11(15)10(8)13(16,17)18)22-7-4-2-1-3-5-7/h1-6H,(H,19,20,21). The molecule has 0 radical (unpaired) electrons. The highest BCUT2D eigenvalue weighted by Gasteiger charge is 2.41. The van der Waals surface area contributed by atoms with Crippen LogP contribution in [-0.4, -0.2) is 13.0 Å². The van der Waals surface area contributed by atoms with Gasteiger partial charge in [-0.15, -0.1) is 0 Å². The molecule has 0 aromatic heterocycles. The number of halogens is 5. The SMILES string of the molecule is O=S(=O)(O)c1cc(F)c(C(F)(F)F)c(F)c1Oc1ccccc1. The largest absolute Gasteiger partial charge is 0.453 e. The van der Waals surface area contributed by atoms with Gasteiger partial charge in [0.2, 0.25) is 0 Å². The zero-order valence-corrected chi connectivity index (χ0v) is 11.8. The van der Waals surface area contributed by atoms with Crippen LogP contribution in [0.15, 0.2) is 41.3 Å². The molecule has 0 heterocycles. The van der Waals surface area contributed by atoms with Crippen LogP contribution in [0.4, 0.5) is 22.0 Å². The van der Waals surface area contributed by atoms with Crippen LogP contribution < -0.4 is 4.74 Å². The highest BCUT2D eigenvalue weighted by molar-refractivity contribution is 7.86. The van der Waals surface area contributed by atoms with Gasteiger partial charge in [-0.05, 0) is 18.2 Å². The van der Waals surface area contributed by atoms with E-state index in [1.807, 2.05) is 0 Å². The average Bonchev–Trinajstić information content (AvgIpc) is 2.40. The summed E-state index contributed by atoms with van der Waals surface area (Å²) < 4.78 is 102. The fraction of sp³-hybridized carbons (Fsp3) is 0.0769. The Balaban J connectivity index is 2.75. The van der Waals surface area contributed by atoms with E-state index in [2.05, 4.69) is 0 Å². The molecule has 4 nitrogen and oxygen atoms in total. The number of hydrogen-bond donors (Lipinski definition) is 1. The van der Waals surface area contributed by atoms with Crippen LogP contribution in [0.2, 0.25) is 0 Å². The van der Waals surface area contributed by atoms with Crippen LogP contribution in [0.1, 0.15) is 5.56 Å². The third-order valence-electron chi connectivity index (χ3n) is 2.66. The summed E-state index contributed by atoms with van der Waals surface area (Å²) in [5.41, 5.74) is -2.32. The minimum Gasteiger partial charge on any atom is -0.453 e. The number of benzene rings is 2. The summed E-state index contributed by atoms with van der Waals surface area (Å²) in [7, 11) is -5.23. The van der Waals surface area contributed by atoms with Gasteiger partial charge in [0.05, 0.1) is 0 Å². The molecule has 0 fully saturated rings. The van der Waals surface area contributed by atoms with E-state index >= 15 is 0 Å². The highest BCUT2D eigenvalue weighted by Crippen LogP contribution is 2.41. The summed E-state index contributed by atoms with van der Waals surface area (Å²) in [6, 6.07) is 6.52. The fourth-order valence-electron chi connectivity index (χ4n) is 1.73. The Hall–Kier alpha value is -2.20. The van der Waals surface area contributed by atoms with E-state index in [1.165, 1.54) is 30.3 Å². The van der Waals surface area contributed by atoms with E-state index in [4.69, 9.17) is 9.29 Å². The van der Waals surface area contributed by atoms with Gasteiger partial charge in [-0.3, -0.25) is 4.55 Å².